The second kappa shape index (κ2) is 11.5. The first-order valence-electron chi connectivity index (χ1n) is 14.6. The fourth-order valence-electron chi connectivity index (χ4n) is 5.50. The summed E-state index contributed by atoms with van der Waals surface area (Å²) in [5.41, 5.74) is 5.53. The molecule has 0 radical (unpaired) electrons. The maximum absolute atomic E-state index is 13.9. The maximum atomic E-state index is 13.9. The molecule has 0 bridgehead atoms. The summed E-state index contributed by atoms with van der Waals surface area (Å²) in [5, 5.41) is 13.2. The van der Waals surface area contributed by atoms with Crippen molar-refractivity contribution in [3.05, 3.63) is 77.8 Å². The quantitative estimate of drug-likeness (QED) is 0.289. The molecule has 4 aromatic rings. The molecule has 42 heavy (non-hydrogen) atoms. The lowest BCUT2D eigenvalue weighted by Gasteiger charge is -2.26. The lowest BCUT2D eigenvalue weighted by molar-refractivity contribution is -0.117. The first-order chi connectivity index (χ1) is 20.6. The molecule has 0 spiro atoms. The van der Waals surface area contributed by atoms with Gasteiger partial charge in [-0.25, -0.2) is 0 Å². The van der Waals surface area contributed by atoms with Crippen LogP contribution in [-0.4, -0.2) is 70.7 Å². The average molecular weight is 567 g/mol. The molecule has 1 aliphatic carbocycles. The first kappa shape index (κ1) is 26.6. The summed E-state index contributed by atoms with van der Waals surface area (Å²) in [6.07, 6.45) is 8.31. The minimum atomic E-state index is -0.0275. The standard InChI is InChI=1S/C32H34N6O4/c1-40-28-8-2-22(3-9-28)20-38-29-17-24(27-19-33-37(21-27)11-10-36-12-14-41-15-13-36)6-7-25(29)16-26(18-30(38)39)32-35-34-31(42-32)23-4-5-23/h2-3,6-9,16-17,19,21,23H,4-5,10-15,18,20H2,1H3. The highest BCUT2D eigenvalue weighted by Crippen LogP contribution is 2.41. The molecule has 2 aliphatic heterocycles. The summed E-state index contributed by atoms with van der Waals surface area (Å²) in [6.45, 7) is 5.66. The molecule has 2 aromatic carbocycles. The summed E-state index contributed by atoms with van der Waals surface area (Å²) in [4.78, 5) is 18.1. The number of aromatic nitrogens is 4. The minimum Gasteiger partial charge on any atom is -0.497 e. The van der Waals surface area contributed by atoms with E-state index in [1.807, 2.05) is 46.1 Å². The molecule has 1 amide bonds. The van der Waals surface area contributed by atoms with Gasteiger partial charge in [0.15, 0.2) is 0 Å². The SMILES string of the molecule is COc1ccc(CN2C(=O)CC(c3nnc(C4CC4)o3)=Cc3ccc(-c4cnn(CCN5CCOCC5)c4)cc32)cc1. The summed E-state index contributed by atoms with van der Waals surface area (Å²) in [5.74, 6) is 2.19. The van der Waals surface area contributed by atoms with Gasteiger partial charge < -0.3 is 18.8 Å². The van der Waals surface area contributed by atoms with Crippen LogP contribution in [0.5, 0.6) is 5.75 Å². The molecule has 3 aliphatic rings. The fourth-order valence-corrected chi connectivity index (χ4v) is 5.50. The number of nitrogens with zero attached hydrogens (tertiary/aromatic N) is 6. The van der Waals surface area contributed by atoms with E-state index >= 15 is 0 Å². The molecule has 2 aromatic heterocycles. The Bertz CT molecular complexity index is 1600. The Balaban J connectivity index is 1.19. The Morgan fingerprint density at radius 3 is 2.62 bits per heavy atom. The van der Waals surface area contributed by atoms with Crippen LogP contribution in [0.2, 0.25) is 0 Å². The molecule has 10 nitrogen and oxygen atoms in total. The second-order valence-electron chi connectivity index (χ2n) is 11.1. The van der Waals surface area contributed by atoms with E-state index in [2.05, 4.69) is 44.6 Å². The van der Waals surface area contributed by atoms with Crippen molar-refractivity contribution in [2.24, 2.45) is 0 Å². The first-order valence-corrected chi connectivity index (χ1v) is 14.6. The van der Waals surface area contributed by atoms with Gasteiger partial charge in [-0.15, -0.1) is 10.2 Å². The smallest absolute Gasteiger partial charge is 0.244 e. The molecule has 216 valence electrons. The number of hydrogen-bond acceptors (Lipinski definition) is 8. The number of ether oxygens (including phenoxy) is 2. The van der Waals surface area contributed by atoms with Gasteiger partial charge in [0.2, 0.25) is 17.7 Å². The highest BCUT2D eigenvalue weighted by molar-refractivity contribution is 6.06. The number of amides is 1. The van der Waals surface area contributed by atoms with Crippen molar-refractivity contribution in [1.29, 1.82) is 0 Å². The van der Waals surface area contributed by atoms with Gasteiger partial charge in [0.1, 0.15) is 5.75 Å². The Morgan fingerprint density at radius 2 is 1.83 bits per heavy atom. The zero-order chi connectivity index (χ0) is 28.5. The van der Waals surface area contributed by atoms with Crippen LogP contribution in [0, 0.1) is 0 Å². The van der Waals surface area contributed by atoms with Crippen molar-refractivity contribution in [3.63, 3.8) is 0 Å². The molecule has 0 atom stereocenters. The highest BCUT2D eigenvalue weighted by atomic mass is 16.5. The summed E-state index contributed by atoms with van der Waals surface area (Å²) in [7, 11) is 1.65. The van der Waals surface area contributed by atoms with Crippen molar-refractivity contribution in [3.8, 4) is 16.9 Å². The zero-order valence-corrected chi connectivity index (χ0v) is 23.7. The third-order valence-corrected chi connectivity index (χ3v) is 8.15. The molecule has 7 rings (SSSR count). The van der Waals surface area contributed by atoms with Crippen LogP contribution in [0.15, 0.2) is 59.3 Å². The van der Waals surface area contributed by atoms with Gasteiger partial charge in [-0.1, -0.05) is 24.3 Å². The van der Waals surface area contributed by atoms with Gasteiger partial charge in [-0.3, -0.25) is 14.4 Å². The van der Waals surface area contributed by atoms with Gasteiger partial charge in [0.25, 0.3) is 0 Å². The van der Waals surface area contributed by atoms with Crippen LogP contribution in [0.3, 0.4) is 0 Å². The Hall–Kier alpha value is -4.28. The van der Waals surface area contributed by atoms with Crippen LogP contribution >= 0.6 is 0 Å². The van der Waals surface area contributed by atoms with Crippen molar-refractivity contribution < 1.29 is 18.7 Å². The van der Waals surface area contributed by atoms with E-state index in [1.54, 1.807) is 7.11 Å². The summed E-state index contributed by atoms with van der Waals surface area (Å²) < 4.78 is 18.8. The van der Waals surface area contributed by atoms with Gasteiger partial charge in [-0.05, 0) is 53.8 Å². The van der Waals surface area contributed by atoms with E-state index in [1.165, 1.54) is 0 Å². The molecule has 1 saturated carbocycles. The van der Waals surface area contributed by atoms with Crippen LogP contribution in [0.4, 0.5) is 5.69 Å². The molecule has 4 heterocycles. The molecular formula is C32H34N6O4. The number of anilines is 1. The number of hydrogen-bond donors (Lipinski definition) is 0. The van der Waals surface area contributed by atoms with Crippen LogP contribution in [-0.2, 0) is 22.6 Å². The largest absolute Gasteiger partial charge is 0.497 e. The van der Waals surface area contributed by atoms with E-state index in [0.29, 0.717) is 24.2 Å². The number of methoxy groups -OCH3 is 1. The molecule has 2 fully saturated rings. The van der Waals surface area contributed by atoms with Crippen LogP contribution < -0.4 is 9.64 Å². The number of carbonyl (C=O) groups is 1. The molecule has 0 N–H and O–H groups in total. The second-order valence-corrected chi connectivity index (χ2v) is 11.1. The topological polar surface area (TPSA) is 98.8 Å². The van der Waals surface area contributed by atoms with Gasteiger partial charge in [-0.2, -0.15) is 5.10 Å². The number of benzene rings is 2. The van der Waals surface area contributed by atoms with Gasteiger partial charge in [0.05, 0.1) is 51.7 Å². The predicted octanol–water partition coefficient (Wildman–Crippen LogP) is 4.63. The van der Waals surface area contributed by atoms with E-state index in [-0.39, 0.29) is 12.3 Å². The van der Waals surface area contributed by atoms with Crippen molar-refractivity contribution in [2.75, 3.05) is 44.9 Å². The predicted molar refractivity (Wildman–Crippen MR) is 158 cm³/mol. The third kappa shape index (κ3) is 5.73. The molecular weight excluding hydrogens is 532 g/mol. The average Bonchev–Trinajstić information content (AvgIpc) is 3.60. The van der Waals surface area contributed by atoms with E-state index < -0.39 is 0 Å². The number of rotatable bonds is 9. The number of fused-ring (bicyclic) bond motifs is 1. The van der Waals surface area contributed by atoms with E-state index in [4.69, 9.17) is 13.9 Å². The summed E-state index contributed by atoms with van der Waals surface area (Å²) >= 11 is 0. The highest BCUT2D eigenvalue weighted by Gasteiger charge is 2.31. The Kier molecular flexibility index (Phi) is 7.31. The van der Waals surface area contributed by atoms with Crippen molar-refractivity contribution in [2.45, 2.75) is 38.3 Å². The Labute approximate surface area is 244 Å². The summed E-state index contributed by atoms with van der Waals surface area (Å²) in [6, 6.07) is 14.1. The van der Waals surface area contributed by atoms with Crippen LogP contribution in [0.25, 0.3) is 22.8 Å². The lowest BCUT2D eigenvalue weighted by Crippen LogP contribution is -2.38. The Morgan fingerprint density at radius 1 is 1.00 bits per heavy atom. The van der Waals surface area contributed by atoms with Gasteiger partial charge >= 0.3 is 0 Å². The minimum absolute atomic E-state index is 0.0275. The van der Waals surface area contributed by atoms with Crippen molar-refractivity contribution >= 4 is 23.2 Å². The van der Waals surface area contributed by atoms with E-state index in [0.717, 1.165) is 91.5 Å². The normalized spacial score (nSPS) is 17.6. The number of morpholine rings is 1. The van der Waals surface area contributed by atoms with Gasteiger partial charge in [0, 0.05) is 42.9 Å². The number of carbonyl (C=O) groups excluding carboxylic acids is 1. The van der Waals surface area contributed by atoms with Crippen LogP contribution in [0.1, 0.15) is 48.1 Å². The zero-order valence-electron chi connectivity index (χ0n) is 23.7. The molecule has 10 heteroatoms. The lowest BCUT2D eigenvalue weighted by atomic mass is 10.0. The van der Waals surface area contributed by atoms with E-state index in [9.17, 15) is 4.79 Å². The molecule has 1 saturated heterocycles. The third-order valence-electron chi connectivity index (χ3n) is 8.15. The monoisotopic (exact) mass is 566 g/mol. The fraction of sp³-hybridized carbons (Fsp3) is 0.375. The molecule has 0 unspecified atom stereocenters. The van der Waals surface area contributed by atoms with Crippen molar-refractivity contribution in [1.82, 2.24) is 24.9 Å². The maximum Gasteiger partial charge on any atom is 0.244 e.